The van der Waals surface area contributed by atoms with Crippen molar-refractivity contribution in [2.24, 2.45) is 0 Å². The van der Waals surface area contributed by atoms with Gasteiger partial charge in [0, 0.05) is 5.56 Å². The van der Waals surface area contributed by atoms with Crippen LogP contribution in [0.5, 0.6) is 5.75 Å². The number of nitrogens with two attached hydrogens (primary N) is 1. The molecule has 0 aliphatic rings. The minimum Gasteiger partial charge on any atom is -0.508 e. The lowest BCUT2D eigenvalue weighted by Gasteiger charge is -1.94. The smallest absolute Gasteiger partial charge is 0.268 e. The van der Waals surface area contributed by atoms with Crippen molar-refractivity contribution in [2.75, 3.05) is 5.73 Å². The number of phenolic OH excluding ortho intramolecular Hbond substituents is 1. The molecule has 1 aromatic carbocycles. The highest BCUT2D eigenvalue weighted by molar-refractivity contribution is 7.19. The van der Waals surface area contributed by atoms with Gasteiger partial charge in [-0.2, -0.15) is 4.98 Å². The topological polar surface area (TPSA) is 85.2 Å². The van der Waals surface area contributed by atoms with E-state index in [2.05, 4.69) is 10.1 Å². The molecule has 0 bridgehead atoms. The molecule has 0 amide bonds. The third-order valence-corrected chi connectivity index (χ3v) is 3.27. The van der Waals surface area contributed by atoms with E-state index in [1.54, 1.807) is 30.3 Å². The van der Waals surface area contributed by atoms with Gasteiger partial charge < -0.3 is 15.4 Å². The van der Waals surface area contributed by atoms with Crippen LogP contribution in [0.3, 0.4) is 0 Å². The van der Waals surface area contributed by atoms with Crippen molar-refractivity contribution in [1.29, 1.82) is 0 Å². The Morgan fingerprint density at radius 2 is 2.11 bits per heavy atom. The number of rotatable bonds is 2. The molecule has 0 saturated carbocycles. The highest BCUT2D eigenvalue weighted by Crippen LogP contribution is 2.30. The van der Waals surface area contributed by atoms with Gasteiger partial charge in [-0.15, -0.1) is 11.3 Å². The van der Waals surface area contributed by atoms with E-state index >= 15 is 0 Å². The van der Waals surface area contributed by atoms with E-state index in [1.165, 1.54) is 11.3 Å². The summed E-state index contributed by atoms with van der Waals surface area (Å²) < 4.78 is 5.17. The summed E-state index contributed by atoms with van der Waals surface area (Å²) in [5.74, 6) is 1.03. The summed E-state index contributed by atoms with van der Waals surface area (Å²) >= 11 is 1.38. The number of aromatic nitrogens is 2. The van der Waals surface area contributed by atoms with Crippen molar-refractivity contribution in [3.63, 3.8) is 0 Å². The molecule has 0 aliphatic carbocycles. The summed E-state index contributed by atoms with van der Waals surface area (Å²) in [5.41, 5.74) is 6.35. The lowest BCUT2D eigenvalue weighted by molar-refractivity contribution is 0.433. The molecule has 0 radical (unpaired) electrons. The second-order valence-corrected chi connectivity index (χ2v) is 4.79. The Labute approximate surface area is 107 Å². The third-order valence-electron chi connectivity index (χ3n) is 2.37. The summed E-state index contributed by atoms with van der Waals surface area (Å²) in [6.07, 6.45) is 0. The lowest BCUT2D eigenvalue weighted by atomic mass is 10.2. The maximum atomic E-state index is 9.40. The first kappa shape index (κ1) is 10.8. The zero-order valence-corrected chi connectivity index (χ0v) is 10.0. The van der Waals surface area contributed by atoms with E-state index in [0.29, 0.717) is 22.3 Å². The number of anilines is 1. The van der Waals surface area contributed by atoms with Gasteiger partial charge in [-0.25, -0.2) is 0 Å². The average molecular weight is 259 g/mol. The van der Waals surface area contributed by atoms with Crippen molar-refractivity contribution in [2.45, 2.75) is 0 Å². The Morgan fingerprint density at radius 1 is 1.22 bits per heavy atom. The molecule has 18 heavy (non-hydrogen) atoms. The Bertz CT molecular complexity index is 690. The number of aromatic hydroxyl groups is 1. The number of thiophene rings is 1. The van der Waals surface area contributed by atoms with Crippen LogP contribution in [0.4, 0.5) is 5.00 Å². The molecule has 3 aromatic rings. The van der Waals surface area contributed by atoms with Crippen LogP contribution in [-0.2, 0) is 0 Å². The van der Waals surface area contributed by atoms with Crippen LogP contribution in [0.1, 0.15) is 0 Å². The Balaban J connectivity index is 1.99. The average Bonchev–Trinajstić information content (AvgIpc) is 2.97. The predicted molar refractivity (Wildman–Crippen MR) is 69.1 cm³/mol. The summed E-state index contributed by atoms with van der Waals surface area (Å²) in [6.45, 7) is 0. The number of nitrogen functional groups attached to an aromatic ring is 1. The molecule has 0 unspecified atom stereocenters. The van der Waals surface area contributed by atoms with Gasteiger partial charge in [0.05, 0.1) is 9.88 Å². The van der Waals surface area contributed by atoms with Crippen LogP contribution in [-0.4, -0.2) is 15.2 Å². The second-order valence-electron chi connectivity index (χ2n) is 3.68. The van der Waals surface area contributed by atoms with E-state index in [4.69, 9.17) is 10.3 Å². The maximum absolute atomic E-state index is 9.40. The van der Waals surface area contributed by atoms with E-state index in [0.717, 1.165) is 4.88 Å². The molecule has 0 fully saturated rings. The molecular weight excluding hydrogens is 250 g/mol. The molecule has 0 spiro atoms. The van der Waals surface area contributed by atoms with Gasteiger partial charge in [-0.3, -0.25) is 0 Å². The summed E-state index contributed by atoms with van der Waals surface area (Å²) in [4.78, 5) is 5.10. The van der Waals surface area contributed by atoms with Crippen molar-refractivity contribution >= 4 is 16.3 Å². The minimum absolute atomic E-state index is 0.166. The molecule has 90 valence electrons. The van der Waals surface area contributed by atoms with Gasteiger partial charge in [-0.05, 0) is 24.3 Å². The normalized spacial score (nSPS) is 10.7. The van der Waals surface area contributed by atoms with Crippen molar-refractivity contribution < 1.29 is 9.63 Å². The SMILES string of the molecule is Nc1ccc(-c2nc(-c3cccc(O)c3)no2)s1. The first-order chi connectivity index (χ1) is 8.72. The van der Waals surface area contributed by atoms with Gasteiger partial charge >= 0.3 is 0 Å². The summed E-state index contributed by atoms with van der Waals surface area (Å²) in [5, 5.41) is 14.0. The Hall–Kier alpha value is -2.34. The Kier molecular flexibility index (Phi) is 2.49. The summed E-state index contributed by atoms with van der Waals surface area (Å²) in [6, 6.07) is 10.3. The molecular formula is C12H9N3O2S. The molecule has 5 nitrogen and oxygen atoms in total. The fraction of sp³-hybridized carbons (Fsp3) is 0. The van der Waals surface area contributed by atoms with E-state index in [1.807, 2.05) is 6.07 Å². The van der Waals surface area contributed by atoms with Gasteiger partial charge in [0.15, 0.2) is 0 Å². The van der Waals surface area contributed by atoms with E-state index in [9.17, 15) is 5.11 Å². The zero-order chi connectivity index (χ0) is 12.5. The number of phenols is 1. The third kappa shape index (κ3) is 1.93. The van der Waals surface area contributed by atoms with Crippen LogP contribution in [0.15, 0.2) is 40.9 Å². The molecule has 3 N–H and O–H groups in total. The van der Waals surface area contributed by atoms with E-state index in [-0.39, 0.29) is 5.75 Å². The first-order valence-corrected chi connectivity index (χ1v) is 6.03. The van der Waals surface area contributed by atoms with Crippen LogP contribution < -0.4 is 5.73 Å². The molecule has 0 aliphatic heterocycles. The molecule has 2 aromatic heterocycles. The lowest BCUT2D eigenvalue weighted by Crippen LogP contribution is -1.79. The number of hydrogen-bond acceptors (Lipinski definition) is 6. The quantitative estimate of drug-likeness (QED) is 0.739. The number of benzene rings is 1. The summed E-state index contributed by atoms with van der Waals surface area (Å²) in [7, 11) is 0. The van der Waals surface area contributed by atoms with Crippen LogP contribution in [0.2, 0.25) is 0 Å². The molecule has 0 saturated heterocycles. The van der Waals surface area contributed by atoms with Crippen molar-refractivity contribution in [3.8, 4) is 27.9 Å². The monoisotopic (exact) mass is 259 g/mol. The van der Waals surface area contributed by atoms with Gasteiger partial charge in [0.2, 0.25) is 5.82 Å². The van der Waals surface area contributed by atoms with Crippen LogP contribution in [0.25, 0.3) is 22.2 Å². The fourth-order valence-corrected chi connectivity index (χ4v) is 2.25. The van der Waals surface area contributed by atoms with Gasteiger partial charge in [0.1, 0.15) is 5.75 Å². The predicted octanol–water partition coefficient (Wildman–Crippen LogP) is 2.75. The number of nitrogens with zero attached hydrogens (tertiary/aromatic N) is 2. The first-order valence-electron chi connectivity index (χ1n) is 5.21. The molecule has 6 heteroatoms. The fourth-order valence-electron chi connectivity index (χ4n) is 1.55. The highest BCUT2D eigenvalue weighted by atomic mass is 32.1. The minimum atomic E-state index is 0.166. The van der Waals surface area contributed by atoms with E-state index < -0.39 is 0 Å². The van der Waals surface area contributed by atoms with Crippen LogP contribution >= 0.6 is 11.3 Å². The van der Waals surface area contributed by atoms with Gasteiger partial charge in [0.25, 0.3) is 5.89 Å². The van der Waals surface area contributed by atoms with Crippen molar-refractivity contribution in [3.05, 3.63) is 36.4 Å². The standard InChI is InChI=1S/C12H9N3O2S/c13-10-5-4-9(18-10)12-14-11(15-17-12)7-2-1-3-8(16)6-7/h1-6,16H,13H2. The largest absolute Gasteiger partial charge is 0.508 e. The number of hydrogen-bond donors (Lipinski definition) is 2. The Morgan fingerprint density at radius 3 is 2.83 bits per heavy atom. The van der Waals surface area contributed by atoms with Crippen LogP contribution in [0, 0.1) is 0 Å². The molecule has 2 heterocycles. The van der Waals surface area contributed by atoms with Gasteiger partial charge in [-0.1, -0.05) is 17.3 Å². The molecule has 0 atom stereocenters. The molecule has 3 rings (SSSR count). The highest BCUT2D eigenvalue weighted by Gasteiger charge is 2.12. The second kappa shape index (κ2) is 4.15. The zero-order valence-electron chi connectivity index (χ0n) is 9.20. The van der Waals surface area contributed by atoms with Crippen molar-refractivity contribution in [1.82, 2.24) is 10.1 Å². The maximum Gasteiger partial charge on any atom is 0.268 e.